The third kappa shape index (κ3) is 3.86. The molecule has 2 aromatic heterocycles. The fraction of sp³-hybridized carbons (Fsp3) is 0.158. The van der Waals surface area contributed by atoms with Crippen LogP contribution in [0, 0.1) is 13.8 Å². The van der Waals surface area contributed by atoms with Gasteiger partial charge in [-0.2, -0.15) is 0 Å². The van der Waals surface area contributed by atoms with E-state index in [0.29, 0.717) is 10.3 Å². The fourth-order valence-electron chi connectivity index (χ4n) is 2.64. The van der Waals surface area contributed by atoms with Gasteiger partial charge in [0.1, 0.15) is 5.82 Å². The number of rotatable bonds is 5. The Hall–Kier alpha value is -2.71. The molecular weight excluding hydrogens is 378 g/mol. The number of amides is 1. The first-order valence-corrected chi connectivity index (χ1v) is 10.2. The van der Waals surface area contributed by atoms with E-state index in [-0.39, 0.29) is 11.7 Å². The number of carbonyl (C=O) groups excluding carboxylic acids is 1. The Balaban J connectivity index is 1.45. The van der Waals surface area contributed by atoms with Gasteiger partial charge in [0.25, 0.3) is 0 Å². The molecule has 0 spiro atoms. The van der Waals surface area contributed by atoms with E-state index in [9.17, 15) is 4.79 Å². The van der Waals surface area contributed by atoms with Crippen molar-refractivity contribution in [2.24, 2.45) is 0 Å². The van der Waals surface area contributed by atoms with Crippen molar-refractivity contribution in [3.05, 3.63) is 59.9 Å². The van der Waals surface area contributed by atoms with Crippen LogP contribution < -0.4 is 5.32 Å². The smallest absolute Gasteiger partial charge is 0.236 e. The van der Waals surface area contributed by atoms with Gasteiger partial charge in [0, 0.05) is 5.69 Å². The molecule has 0 aliphatic carbocycles. The minimum absolute atomic E-state index is 0.116. The Labute approximate surface area is 164 Å². The Morgan fingerprint density at radius 3 is 2.67 bits per heavy atom. The van der Waals surface area contributed by atoms with Gasteiger partial charge in [-0.3, -0.25) is 9.36 Å². The van der Waals surface area contributed by atoms with Crippen molar-refractivity contribution in [1.29, 1.82) is 0 Å². The number of benzene rings is 2. The normalized spacial score (nSPS) is 11.0. The fourth-order valence-corrected chi connectivity index (χ4v) is 4.32. The minimum atomic E-state index is -0.116. The molecule has 2 heterocycles. The number of thiazole rings is 1. The molecule has 136 valence electrons. The molecule has 0 aliphatic rings. The van der Waals surface area contributed by atoms with Gasteiger partial charge in [-0.15, -0.1) is 10.2 Å². The maximum Gasteiger partial charge on any atom is 0.236 e. The first-order chi connectivity index (χ1) is 13.1. The van der Waals surface area contributed by atoms with Gasteiger partial charge in [-0.25, -0.2) is 4.98 Å². The third-order valence-electron chi connectivity index (χ3n) is 3.96. The van der Waals surface area contributed by atoms with Crippen LogP contribution in [0.4, 0.5) is 5.13 Å². The van der Waals surface area contributed by atoms with Gasteiger partial charge in [0.2, 0.25) is 5.91 Å². The highest BCUT2D eigenvalue weighted by Gasteiger charge is 2.14. The van der Waals surface area contributed by atoms with Gasteiger partial charge in [-0.05, 0) is 38.1 Å². The van der Waals surface area contributed by atoms with Crippen LogP contribution in [0.3, 0.4) is 0 Å². The maximum atomic E-state index is 12.3. The Kier molecular flexibility index (Phi) is 4.91. The predicted molar refractivity (Wildman–Crippen MR) is 110 cm³/mol. The zero-order chi connectivity index (χ0) is 18.8. The molecule has 0 radical (unpaired) electrons. The highest BCUT2D eigenvalue weighted by molar-refractivity contribution is 7.99. The molecule has 8 heteroatoms. The van der Waals surface area contributed by atoms with Crippen molar-refractivity contribution < 1.29 is 4.79 Å². The molecule has 6 nitrogen and oxygen atoms in total. The van der Waals surface area contributed by atoms with Crippen molar-refractivity contribution in [2.75, 3.05) is 11.1 Å². The van der Waals surface area contributed by atoms with Gasteiger partial charge in [0.05, 0.1) is 16.0 Å². The summed E-state index contributed by atoms with van der Waals surface area (Å²) in [6.07, 6.45) is 0. The Bertz CT molecular complexity index is 1070. The number of anilines is 1. The van der Waals surface area contributed by atoms with E-state index >= 15 is 0 Å². The van der Waals surface area contributed by atoms with E-state index in [4.69, 9.17) is 0 Å². The summed E-state index contributed by atoms with van der Waals surface area (Å²) < 4.78 is 3.00. The first-order valence-electron chi connectivity index (χ1n) is 8.37. The minimum Gasteiger partial charge on any atom is -0.301 e. The lowest BCUT2D eigenvalue weighted by atomic mass is 10.2. The summed E-state index contributed by atoms with van der Waals surface area (Å²) in [6.45, 7) is 3.95. The summed E-state index contributed by atoms with van der Waals surface area (Å²) in [7, 11) is 0. The number of hydrogen-bond donors (Lipinski definition) is 1. The molecule has 0 atom stereocenters. The van der Waals surface area contributed by atoms with Crippen molar-refractivity contribution in [3.63, 3.8) is 0 Å². The van der Waals surface area contributed by atoms with Gasteiger partial charge in [0.15, 0.2) is 10.3 Å². The van der Waals surface area contributed by atoms with Crippen molar-refractivity contribution in [2.45, 2.75) is 19.0 Å². The second-order valence-electron chi connectivity index (χ2n) is 6.02. The van der Waals surface area contributed by atoms with E-state index in [1.54, 1.807) is 0 Å². The standard InChI is InChI=1S/C19H17N5OS2/c1-12-7-9-14(10-8-12)24-13(2)22-23-19(24)26-11-17(25)21-18-20-15-5-3-4-6-16(15)27-18/h3-10H,11H2,1-2H3,(H,20,21,25). The molecule has 0 saturated heterocycles. The van der Waals surface area contributed by atoms with Crippen LogP contribution in [0.1, 0.15) is 11.4 Å². The zero-order valence-corrected chi connectivity index (χ0v) is 16.5. The number of para-hydroxylation sites is 1. The molecule has 4 aromatic rings. The van der Waals surface area contributed by atoms with Crippen LogP contribution in [-0.4, -0.2) is 31.4 Å². The first kappa shape index (κ1) is 17.7. The lowest BCUT2D eigenvalue weighted by Crippen LogP contribution is -2.14. The summed E-state index contributed by atoms with van der Waals surface area (Å²) in [5.41, 5.74) is 3.06. The van der Waals surface area contributed by atoms with Crippen molar-refractivity contribution in [1.82, 2.24) is 19.7 Å². The number of fused-ring (bicyclic) bond motifs is 1. The van der Waals surface area contributed by atoms with E-state index in [1.165, 1.54) is 28.7 Å². The van der Waals surface area contributed by atoms with E-state index in [2.05, 4.69) is 20.5 Å². The van der Waals surface area contributed by atoms with Gasteiger partial charge >= 0.3 is 0 Å². The average Bonchev–Trinajstić information content (AvgIpc) is 3.23. The van der Waals surface area contributed by atoms with E-state index in [1.807, 2.05) is 66.9 Å². The second-order valence-corrected chi connectivity index (χ2v) is 8.00. The zero-order valence-electron chi connectivity index (χ0n) is 14.8. The average molecular weight is 396 g/mol. The number of aryl methyl sites for hydroxylation is 2. The molecule has 2 aromatic carbocycles. The largest absolute Gasteiger partial charge is 0.301 e. The number of nitrogens with zero attached hydrogens (tertiary/aromatic N) is 4. The van der Waals surface area contributed by atoms with Crippen LogP contribution in [0.5, 0.6) is 0 Å². The van der Waals surface area contributed by atoms with E-state index in [0.717, 1.165) is 21.7 Å². The van der Waals surface area contributed by atoms with Crippen molar-refractivity contribution >= 4 is 44.4 Å². The number of carbonyl (C=O) groups is 1. The van der Waals surface area contributed by atoms with Crippen LogP contribution in [0.15, 0.2) is 53.7 Å². The quantitative estimate of drug-likeness (QED) is 0.512. The van der Waals surface area contributed by atoms with E-state index < -0.39 is 0 Å². The third-order valence-corrected chi connectivity index (χ3v) is 5.84. The second kappa shape index (κ2) is 7.50. The van der Waals surface area contributed by atoms with Gasteiger partial charge < -0.3 is 5.32 Å². The summed E-state index contributed by atoms with van der Waals surface area (Å²) in [6, 6.07) is 16.0. The molecule has 27 heavy (non-hydrogen) atoms. The molecule has 0 unspecified atom stereocenters. The number of nitrogens with one attached hydrogen (secondary N) is 1. The lowest BCUT2D eigenvalue weighted by molar-refractivity contribution is -0.113. The molecule has 0 aliphatic heterocycles. The predicted octanol–water partition coefficient (Wildman–Crippen LogP) is 4.22. The van der Waals surface area contributed by atoms with Crippen LogP contribution >= 0.6 is 23.1 Å². The molecule has 1 amide bonds. The lowest BCUT2D eigenvalue weighted by Gasteiger charge is -2.08. The Morgan fingerprint density at radius 2 is 1.89 bits per heavy atom. The molecule has 4 rings (SSSR count). The molecule has 0 saturated carbocycles. The highest BCUT2D eigenvalue weighted by Crippen LogP contribution is 2.26. The van der Waals surface area contributed by atoms with Gasteiger partial charge in [-0.1, -0.05) is 52.9 Å². The Morgan fingerprint density at radius 1 is 1.11 bits per heavy atom. The van der Waals surface area contributed by atoms with Crippen LogP contribution in [0.25, 0.3) is 15.9 Å². The summed E-state index contributed by atoms with van der Waals surface area (Å²) in [5.74, 6) is 0.906. The number of aromatic nitrogens is 4. The molecule has 0 bridgehead atoms. The number of hydrogen-bond acceptors (Lipinski definition) is 6. The van der Waals surface area contributed by atoms with Crippen LogP contribution in [0.2, 0.25) is 0 Å². The van der Waals surface area contributed by atoms with Crippen LogP contribution in [-0.2, 0) is 4.79 Å². The molecule has 0 fully saturated rings. The maximum absolute atomic E-state index is 12.3. The molecular formula is C19H17N5OS2. The highest BCUT2D eigenvalue weighted by atomic mass is 32.2. The number of thioether (sulfide) groups is 1. The monoisotopic (exact) mass is 395 g/mol. The summed E-state index contributed by atoms with van der Waals surface area (Å²) in [5, 5.41) is 12.5. The topological polar surface area (TPSA) is 72.7 Å². The SMILES string of the molecule is Cc1ccc(-n2c(C)nnc2SCC(=O)Nc2nc3ccccc3s2)cc1. The van der Waals surface area contributed by atoms with Crippen molar-refractivity contribution in [3.8, 4) is 5.69 Å². The summed E-state index contributed by atoms with van der Waals surface area (Å²) in [4.78, 5) is 16.8. The molecule has 1 N–H and O–H groups in total. The summed E-state index contributed by atoms with van der Waals surface area (Å²) >= 11 is 2.82.